The van der Waals surface area contributed by atoms with Crippen molar-refractivity contribution < 1.29 is 23.9 Å². The molecule has 7 nitrogen and oxygen atoms in total. The highest BCUT2D eigenvalue weighted by atomic mass is 16.5. The summed E-state index contributed by atoms with van der Waals surface area (Å²) < 4.78 is 5.30. The first-order chi connectivity index (χ1) is 15.8. The quantitative estimate of drug-likeness (QED) is 0.470. The lowest BCUT2D eigenvalue weighted by Crippen LogP contribution is -2.30. The molecule has 3 aromatic carbocycles. The SMILES string of the molecule is Cc1ccc(C)c(NC(=O)C(C)OC(=O)c2ccc(N3C(=O)c4ccccc4C3=O)cc2)c1. The van der Waals surface area contributed by atoms with Gasteiger partial charge in [0.2, 0.25) is 0 Å². The van der Waals surface area contributed by atoms with Crippen LogP contribution in [0.1, 0.15) is 49.1 Å². The predicted octanol–water partition coefficient (Wildman–Crippen LogP) is 4.29. The van der Waals surface area contributed by atoms with Gasteiger partial charge < -0.3 is 10.1 Å². The monoisotopic (exact) mass is 442 g/mol. The van der Waals surface area contributed by atoms with Gasteiger partial charge in [0.25, 0.3) is 17.7 Å². The number of benzene rings is 3. The molecule has 1 unspecified atom stereocenters. The number of ether oxygens (including phenoxy) is 1. The second kappa shape index (κ2) is 8.70. The molecule has 166 valence electrons. The van der Waals surface area contributed by atoms with E-state index >= 15 is 0 Å². The Balaban J connectivity index is 1.42. The van der Waals surface area contributed by atoms with Crippen molar-refractivity contribution in [1.29, 1.82) is 0 Å². The minimum absolute atomic E-state index is 0.196. The predicted molar refractivity (Wildman–Crippen MR) is 123 cm³/mol. The lowest BCUT2D eigenvalue weighted by Gasteiger charge is -2.16. The molecule has 0 saturated heterocycles. The van der Waals surface area contributed by atoms with E-state index in [1.54, 1.807) is 24.3 Å². The van der Waals surface area contributed by atoms with E-state index in [4.69, 9.17) is 4.74 Å². The van der Waals surface area contributed by atoms with Gasteiger partial charge in [0.1, 0.15) is 0 Å². The summed E-state index contributed by atoms with van der Waals surface area (Å²) in [5.41, 5.74) is 3.78. The molecule has 1 aliphatic rings. The summed E-state index contributed by atoms with van der Waals surface area (Å²) in [7, 11) is 0. The second-order valence-electron chi connectivity index (χ2n) is 7.89. The fraction of sp³-hybridized carbons (Fsp3) is 0.154. The Kier molecular flexibility index (Phi) is 5.79. The molecular formula is C26H22N2O5. The maximum atomic E-state index is 12.6. The Bertz CT molecular complexity index is 1250. The van der Waals surface area contributed by atoms with Crippen molar-refractivity contribution in [3.8, 4) is 0 Å². The number of carbonyl (C=O) groups excluding carboxylic acids is 4. The van der Waals surface area contributed by atoms with Crippen LogP contribution in [0.5, 0.6) is 0 Å². The van der Waals surface area contributed by atoms with E-state index in [2.05, 4.69) is 5.32 Å². The van der Waals surface area contributed by atoms with Crippen molar-refractivity contribution in [1.82, 2.24) is 0 Å². The van der Waals surface area contributed by atoms with E-state index in [0.717, 1.165) is 16.0 Å². The van der Waals surface area contributed by atoms with Crippen LogP contribution in [0.4, 0.5) is 11.4 Å². The third kappa shape index (κ3) is 4.25. The van der Waals surface area contributed by atoms with Crippen LogP contribution in [0.25, 0.3) is 0 Å². The van der Waals surface area contributed by atoms with Crippen molar-refractivity contribution in [3.63, 3.8) is 0 Å². The average Bonchev–Trinajstić information content (AvgIpc) is 3.06. The summed E-state index contributed by atoms with van der Waals surface area (Å²) in [6.45, 7) is 5.29. The maximum absolute atomic E-state index is 12.6. The third-order valence-electron chi connectivity index (χ3n) is 5.46. The summed E-state index contributed by atoms with van der Waals surface area (Å²) in [5, 5.41) is 2.77. The zero-order chi connectivity index (χ0) is 23.7. The summed E-state index contributed by atoms with van der Waals surface area (Å²) in [4.78, 5) is 51.3. The summed E-state index contributed by atoms with van der Waals surface area (Å²) >= 11 is 0. The Hall–Kier alpha value is -4.26. The molecule has 3 aromatic rings. The van der Waals surface area contributed by atoms with E-state index in [9.17, 15) is 19.2 Å². The normalized spacial score (nSPS) is 13.5. The Morgan fingerprint density at radius 1 is 0.879 bits per heavy atom. The molecule has 0 spiro atoms. The van der Waals surface area contributed by atoms with Gasteiger partial charge in [-0.3, -0.25) is 14.4 Å². The van der Waals surface area contributed by atoms with Crippen molar-refractivity contribution in [2.24, 2.45) is 0 Å². The van der Waals surface area contributed by atoms with Crippen LogP contribution in [0.3, 0.4) is 0 Å². The van der Waals surface area contributed by atoms with Crippen LogP contribution in [-0.2, 0) is 9.53 Å². The number of esters is 1. The number of imide groups is 1. The van der Waals surface area contributed by atoms with Gasteiger partial charge in [-0.1, -0.05) is 24.3 Å². The molecule has 1 aliphatic heterocycles. The van der Waals surface area contributed by atoms with Crippen molar-refractivity contribution >= 4 is 35.1 Å². The van der Waals surface area contributed by atoms with E-state index < -0.39 is 29.8 Å². The molecule has 0 saturated carbocycles. The third-order valence-corrected chi connectivity index (χ3v) is 5.46. The number of hydrogen-bond acceptors (Lipinski definition) is 5. The number of carbonyl (C=O) groups is 4. The van der Waals surface area contributed by atoms with Crippen LogP contribution in [0, 0.1) is 13.8 Å². The fourth-order valence-electron chi connectivity index (χ4n) is 3.56. The number of nitrogens with one attached hydrogen (secondary N) is 1. The molecule has 0 radical (unpaired) electrons. The van der Waals surface area contributed by atoms with Crippen molar-refractivity contribution in [2.45, 2.75) is 26.9 Å². The number of anilines is 2. The topological polar surface area (TPSA) is 92.8 Å². The first kappa shape index (κ1) is 22.0. The van der Waals surface area contributed by atoms with Crippen LogP contribution in [0.2, 0.25) is 0 Å². The minimum Gasteiger partial charge on any atom is -0.449 e. The molecule has 1 N–H and O–H groups in total. The highest BCUT2D eigenvalue weighted by Crippen LogP contribution is 2.28. The first-order valence-corrected chi connectivity index (χ1v) is 10.4. The van der Waals surface area contributed by atoms with Gasteiger partial charge in [0.05, 0.1) is 22.4 Å². The van der Waals surface area contributed by atoms with Crippen molar-refractivity contribution in [3.05, 3.63) is 94.5 Å². The molecular weight excluding hydrogens is 420 g/mol. The molecule has 7 heteroatoms. The zero-order valence-corrected chi connectivity index (χ0v) is 18.4. The van der Waals surface area contributed by atoms with E-state index in [0.29, 0.717) is 22.5 Å². The number of rotatable bonds is 5. The number of hydrogen-bond donors (Lipinski definition) is 1. The maximum Gasteiger partial charge on any atom is 0.338 e. The summed E-state index contributed by atoms with van der Waals surface area (Å²) in [6, 6.07) is 18.2. The Morgan fingerprint density at radius 2 is 1.48 bits per heavy atom. The minimum atomic E-state index is -1.02. The van der Waals surface area contributed by atoms with E-state index in [1.165, 1.54) is 31.2 Å². The standard InChI is InChI=1S/C26H22N2O5/c1-15-8-9-16(2)22(14-15)27-23(29)17(3)33-26(32)18-10-12-19(13-11-18)28-24(30)20-6-4-5-7-21(20)25(28)31/h4-14,17H,1-3H3,(H,27,29). The summed E-state index contributed by atoms with van der Waals surface area (Å²) in [6.07, 6.45) is -1.02. The van der Waals surface area contributed by atoms with Crippen LogP contribution < -0.4 is 10.2 Å². The zero-order valence-electron chi connectivity index (χ0n) is 18.4. The molecule has 1 atom stereocenters. The van der Waals surface area contributed by atoms with Gasteiger partial charge in [-0.25, -0.2) is 9.69 Å². The largest absolute Gasteiger partial charge is 0.449 e. The number of nitrogens with zero attached hydrogens (tertiary/aromatic N) is 1. The molecule has 33 heavy (non-hydrogen) atoms. The van der Waals surface area contributed by atoms with Crippen LogP contribution >= 0.6 is 0 Å². The molecule has 3 amide bonds. The van der Waals surface area contributed by atoms with E-state index in [-0.39, 0.29) is 5.56 Å². The number of aryl methyl sites for hydroxylation is 2. The second-order valence-corrected chi connectivity index (χ2v) is 7.89. The Morgan fingerprint density at radius 3 is 2.09 bits per heavy atom. The van der Waals surface area contributed by atoms with Gasteiger partial charge in [0.15, 0.2) is 6.10 Å². The fourth-order valence-corrected chi connectivity index (χ4v) is 3.56. The highest BCUT2D eigenvalue weighted by molar-refractivity contribution is 6.34. The van der Waals surface area contributed by atoms with Gasteiger partial charge in [0, 0.05) is 5.69 Å². The smallest absolute Gasteiger partial charge is 0.338 e. The molecule has 0 aliphatic carbocycles. The number of amides is 3. The van der Waals surface area contributed by atoms with Gasteiger partial charge in [-0.15, -0.1) is 0 Å². The van der Waals surface area contributed by atoms with Crippen LogP contribution in [0.15, 0.2) is 66.7 Å². The van der Waals surface area contributed by atoms with Gasteiger partial charge >= 0.3 is 5.97 Å². The molecule has 0 aromatic heterocycles. The number of fused-ring (bicyclic) bond motifs is 1. The highest BCUT2D eigenvalue weighted by Gasteiger charge is 2.36. The van der Waals surface area contributed by atoms with Crippen molar-refractivity contribution in [2.75, 3.05) is 10.2 Å². The lowest BCUT2D eigenvalue weighted by molar-refractivity contribution is -0.123. The molecule has 4 rings (SSSR count). The molecule has 0 fully saturated rings. The first-order valence-electron chi connectivity index (χ1n) is 10.4. The van der Waals surface area contributed by atoms with Gasteiger partial charge in [-0.05, 0) is 74.4 Å². The Labute approximate surface area is 191 Å². The van der Waals surface area contributed by atoms with E-state index in [1.807, 2.05) is 32.0 Å². The molecule has 1 heterocycles. The lowest BCUT2D eigenvalue weighted by atomic mass is 10.1. The van der Waals surface area contributed by atoms with Gasteiger partial charge in [-0.2, -0.15) is 0 Å². The molecule has 0 bridgehead atoms. The average molecular weight is 442 g/mol. The van der Waals surface area contributed by atoms with Crippen LogP contribution in [-0.4, -0.2) is 29.8 Å². The summed E-state index contributed by atoms with van der Waals surface area (Å²) in [5.74, 6) is -1.96.